The molecule has 0 radical (unpaired) electrons. The van der Waals surface area contributed by atoms with Crippen LogP contribution in [0.1, 0.15) is 57.4 Å². The molecule has 2 rings (SSSR count). The van der Waals surface area contributed by atoms with E-state index in [9.17, 15) is 48.3 Å². The van der Waals surface area contributed by atoms with Crippen molar-refractivity contribution in [3.63, 3.8) is 0 Å². The van der Waals surface area contributed by atoms with E-state index in [1.165, 1.54) is 11.8 Å². The highest BCUT2D eigenvalue weighted by molar-refractivity contribution is 5.97. The van der Waals surface area contributed by atoms with Crippen LogP contribution in [0.2, 0.25) is 0 Å². The first-order valence-electron chi connectivity index (χ1n) is 15.8. The van der Waals surface area contributed by atoms with Crippen molar-refractivity contribution in [3.05, 3.63) is 35.9 Å². The van der Waals surface area contributed by atoms with E-state index in [2.05, 4.69) is 21.3 Å². The third-order valence-electron chi connectivity index (χ3n) is 7.81. The predicted molar refractivity (Wildman–Crippen MR) is 171 cm³/mol. The molecule has 50 heavy (non-hydrogen) atoms. The number of nitrogens with one attached hydrogen (secondary N) is 4. The molecule has 0 aromatic heterocycles. The van der Waals surface area contributed by atoms with Crippen LogP contribution in [0.4, 0.5) is 0 Å². The maximum atomic E-state index is 13.6. The van der Waals surface area contributed by atoms with Gasteiger partial charge in [0.1, 0.15) is 30.2 Å². The first-order valence-corrected chi connectivity index (χ1v) is 15.8. The van der Waals surface area contributed by atoms with Gasteiger partial charge in [0.05, 0.1) is 12.5 Å². The second-order valence-electron chi connectivity index (χ2n) is 11.8. The first-order chi connectivity index (χ1) is 23.5. The molecule has 1 aromatic rings. The SMILES string of the molecule is C[C@H](NC(=O)[C@@H](N)CCC(=O)O)C(=O)N1CCC[C@H]1C(=O)N[C@@H](Cc1ccccc1)C(=O)N[C@@H](CCC(=O)O)C(=O)N[C@@H](CC(=O)O)C(N)=O. The van der Waals surface area contributed by atoms with Gasteiger partial charge in [0.15, 0.2) is 0 Å². The summed E-state index contributed by atoms with van der Waals surface area (Å²) in [5, 5.41) is 36.6. The second kappa shape index (κ2) is 19.4. The van der Waals surface area contributed by atoms with Crippen molar-refractivity contribution in [1.82, 2.24) is 26.2 Å². The molecule has 1 aliphatic heterocycles. The average molecular weight is 706 g/mol. The normalized spacial score (nSPS) is 16.8. The van der Waals surface area contributed by atoms with Gasteiger partial charge in [-0.25, -0.2) is 0 Å². The number of primary amides is 1. The molecular weight excluding hydrogens is 662 g/mol. The predicted octanol–water partition coefficient (Wildman–Crippen LogP) is -2.80. The molecule has 1 aromatic carbocycles. The number of carboxylic acids is 3. The van der Waals surface area contributed by atoms with Crippen molar-refractivity contribution >= 4 is 53.4 Å². The highest BCUT2D eigenvalue weighted by Crippen LogP contribution is 2.19. The summed E-state index contributed by atoms with van der Waals surface area (Å²) in [4.78, 5) is 112. The molecule has 1 saturated heterocycles. The van der Waals surface area contributed by atoms with Gasteiger partial charge in [-0.2, -0.15) is 0 Å². The second-order valence-corrected chi connectivity index (χ2v) is 11.8. The van der Waals surface area contributed by atoms with Crippen LogP contribution in [0.25, 0.3) is 0 Å². The average Bonchev–Trinajstić information content (AvgIpc) is 3.54. The van der Waals surface area contributed by atoms with Gasteiger partial charge in [-0.3, -0.25) is 43.2 Å². The van der Waals surface area contributed by atoms with E-state index in [1.54, 1.807) is 30.3 Å². The largest absolute Gasteiger partial charge is 0.481 e. The summed E-state index contributed by atoms with van der Waals surface area (Å²) in [5.41, 5.74) is 11.5. The Morgan fingerprint density at radius 3 is 1.94 bits per heavy atom. The number of hydrogen-bond acceptors (Lipinski definition) is 10. The molecular formula is C31H43N7O12. The molecule has 274 valence electrons. The van der Waals surface area contributed by atoms with Crippen LogP contribution in [0.15, 0.2) is 30.3 Å². The lowest BCUT2D eigenvalue weighted by molar-refractivity contribution is -0.142. The van der Waals surface area contributed by atoms with Crippen molar-refractivity contribution in [2.45, 2.75) is 94.5 Å². The van der Waals surface area contributed by atoms with Crippen LogP contribution < -0.4 is 32.7 Å². The molecule has 1 heterocycles. The summed E-state index contributed by atoms with van der Waals surface area (Å²) in [6.07, 6.45) is -1.94. The number of likely N-dealkylation sites (tertiary alicyclic amines) is 1. The molecule has 1 aliphatic rings. The lowest BCUT2D eigenvalue weighted by Crippen LogP contribution is -2.59. The van der Waals surface area contributed by atoms with Gasteiger partial charge in [0.25, 0.3) is 0 Å². The van der Waals surface area contributed by atoms with Crippen LogP contribution in [-0.2, 0) is 49.6 Å². The number of nitrogens with two attached hydrogens (primary N) is 2. The van der Waals surface area contributed by atoms with Gasteiger partial charge in [-0.15, -0.1) is 0 Å². The van der Waals surface area contributed by atoms with Crippen molar-refractivity contribution in [2.24, 2.45) is 11.5 Å². The minimum atomic E-state index is -1.66. The van der Waals surface area contributed by atoms with Gasteiger partial charge in [-0.1, -0.05) is 30.3 Å². The highest BCUT2D eigenvalue weighted by Gasteiger charge is 2.38. The van der Waals surface area contributed by atoms with Crippen LogP contribution >= 0.6 is 0 Å². The minimum absolute atomic E-state index is 0.101. The number of carbonyl (C=O) groups is 9. The van der Waals surface area contributed by atoms with Crippen LogP contribution in [0.5, 0.6) is 0 Å². The van der Waals surface area contributed by atoms with Gasteiger partial charge in [-0.05, 0) is 38.2 Å². The summed E-state index contributed by atoms with van der Waals surface area (Å²) < 4.78 is 0. The number of hydrogen-bond donors (Lipinski definition) is 9. The number of rotatable bonds is 20. The van der Waals surface area contributed by atoms with E-state index in [0.29, 0.717) is 12.0 Å². The Morgan fingerprint density at radius 1 is 0.780 bits per heavy atom. The lowest BCUT2D eigenvalue weighted by Gasteiger charge is -2.29. The Bertz CT molecular complexity index is 1440. The summed E-state index contributed by atoms with van der Waals surface area (Å²) in [6.45, 7) is 1.53. The zero-order valence-electron chi connectivity index (χ0n) is 27.3. The quantitative estimate of drug-likeness (QED) is 0.0663. The molecule has 1 fully saturated rings. The van der Waals surface area contributed by atoms with Crippen LogP contribution in [0, 0.1) is 0 Å². The number of aliphatic carboxylic acids is 3. The Morgan fingerprint density at radius 2 is 1.36 bits per heavy atom. The Kier molecular flexibility index (Phi) is 15.8. The zero-order valence-corrected chi connectivity index (χ0v) is 27.3. The van der Waals surface area contributed by atoms with Crippen molar-refractivity contribution in [3.8, 4) is 0 Å². The number of nitrogens with zero attached hydrogens (tertiary/aromatic N) is 1. The van der Waals surface area contributed by atoms with Crippen molar-refractivity contribution in [2.75, 3.05) is 6.54 Å². The molecule has 19 nitrogen and oxygen atoms in total. The number of carbonyl (C=O) groups excluding carboxylic acids is 6. The van der Waals surface area contributed by atoms with Gasteiger partial charge in [0.2, 0.25) is 35.4 Å². The first kappa shape index (κ1) is 40.6. The van der Waals surface area contributed by atoms with E-state index >= 15 is 0 Å². The Balaban J connectivity index is 2.25. The standard InChI is InChI=1S/C31H43N7O12/c1-16(34-27(46)18(32)9-11-23(39)40)31(50)38-13-5-8-22(38)30(49)37-21(14-17-6-3-2-4-7-17)29(48)35-19(10-12-24(41)42)28(47)36-20(26(33)45)15-25(43)44/h2-4,6-7,16,18-22H,5,8-15,32H2,1H3,(H2,33,45)(H,34,46)(H,35,48)(H,36,47)(H,37,49)(H,39,40)(H,41,42)(H,43,44)/t16-,18-,19-,20-,21-,22-/m0/s1. The Hall–Kier alpha value is -5.59. The summed E-state index contributed by atoms with van der Waals surface area (Å²) in [5.74, 6) is -9.21. The smallest absolute Gasteiger partial charge is 0.305 e. The molecule has 0 aliphatic carbocycles. The monoisotopic (exact) mass is 705 g/mol. The minimum Gasteiger partial charge on any atom is -0.481 e. The van der Waals surface area contributed by atoms with E-state index in [4.69, 9.17) is 21.7 Å². The van der Waals surface area contributed by atoms with E-state index < -0.39 is 109 Å². The molecule has 0 spiro atoms. The molecule has 0 saturated carbocycles. The molecule has 0 bridgehead atoms. The van der Waals surface area contributed by atoms with E-state index in [1.807, 2.05) is 0 Å². The maximum Gasteiger partial charge on any atom is 0.305 e. The van der Waals surface area contributed by atoms with E-state index in [0.717, 1.165) is 0 Å². The van der Waals surface area contributed by atoms with Gasteiger partial charge >= 0.3 is 17.9 Å². The molecule has 19 heteroatoms. The highest BCUT2D eigenvalue weighted by atomic mass is 16.4. The zero-order chi connectivity index (χ0) is 37.5. The third kappa shape index (κ3) is 13.1. The lowest BCUT2D eigenvalue weighted by atomic mass is 10.0. The maximum absolute atomic E-state index is 13.6. The number of benzene rings is 1. The van der Waals surface area contributed by atoms with Crippen LogP contribution in [-0.4, -0.2) is 116 Å². The van der Waals surface area contributed by atoms with Crippen molar-refractivity contribution < 1.29 is 58.5 Å². The third-order valence-corrected chi connectivity index (χ3v) is 7.81. The topological polar surface area (TPSA) is 318 Å². The van der Waals surface area contributed by atoms with Gasteiger partial charge < -0.3 is 53.0 Å². The summed E-state index contributed by atoms with van der Waals surface area (Å²) >= 11 is 0. The summed E-state index contributed by atoms with van der Waals surface area (Å²) in [6, 6.07) is 0.433. The molecule has 6 atom stereocenters. The number of carboxylic acid groups (broad SMARTS) is 3. The molecule has 6 amide bonds. The van der Waals surface area contributed by atoms with Crippen molar-refractivity contribution in [1.29, 1.82) is 0 Å². The van der Waals surface area contributed by atoms with E-state index in [-0.39, 0.29) is 32.2 Å². The Labute approximate surface area is 286 Å². The molecule has 11 N–H and O–H groups in total. The fraction of sp³-hybridized carbons (Fsp3) is 0.516. The summed E-state index contributed by atoms with van der Waals surface area (Å²) in [7, 11) is 0. The molecule has 0 unspecified atom stereocenters. The fourth-order valence-electron chi connectivity index (χ4n) is 5.15. The fourth-order valence-corrected chi connectivity index (χ4v) is 5.15. The van der Waals surface area contributed by atoms with Gasteiger partial charge in [0, 0.05) is 25.8 Å². The van der Waals surface area contributed by atoms with Crippen LogP contribution in [0.3, 0.4) is 0 Å². The number of amides is 6.